The van der Waals surface area contributed by atoms with Crippen molar-refractivity contribution in [3.63, 3.8) is 0 Å². The lowest BCUT2D eigenvalue weighted by molar-refractivity contribution is 0.332. The van der Waals surface area contributed by atoms with Gasteiger partial charge in [-0.1, -0.05) is 39.7 Å². The Kier molecular flexibility index (Phi) is 3.33. The van der Waals surface area contributed by atoms with Gasteiger partial charge in [-0.2, -0.15) is 0 Å². The fourth-order valence-corrected chi connectivity index (χ4v) is 3.04. The van der Waals surface area contributed by atoms with Gasteiger partial charge < -0.3 is 10.2 Å². The molecule has 1 aromatic heterocycles. The number of benzene rings is 1. The molecule has 2 unspecified atom stereocenters. The quantitative estimate of drug-likeness (QED) is 0.850. The number of nitrogens with zero attached hydrogens (tertiary/aromatic N) is 1. The SMILES string of the molecule is CC(C)(C)c1ccc2oc(C3CCCCC3N)nc2c1. The summed E-state index contributed by atoms with van der Waals surface area (Å²) in [6, 6.07) is 6.52. The highest BCUT2D eigenvalue weighted by Crippen LogP contribution is 2.34. The molecule has 0 saturated heterocycles. The van der Waals surface area contributed by atoms with Crippen LogP contribution in [0.3, 0.4) is 0 Å². The van der Waals surface area contributed by atoms with Crippen molar-refractivity contribution in [2.24, 2.45) is 5.73 Å². The maximum absolute atomic E-state index is 6.23. The summed E-state index contributed by atoms with van der Waals surface area (Å²) in [5.41, 5.74) is 9.50. The highest BCUT2D eigenvalue weighted by Gasteiger charge is 2.28. The molecule has 0 aliphatic heterocycles. The predicted octanol–water partition coefficient (Wildman–Crippen LogP) is 4.11. The summed E-state index contributed by atoms with van der Waals surface area (Å²) < 4.78 is 5.95. The van der Waals surface area contributed by atoms with E-state index in [0.29, 0.717) is 0 Å². The molecule has 20 heavy (non-hydrogen) atoms. The van der Waals surface area contributed by atoms with Crippen molar-refractivity contribution in [2.75, 3.05) is 0 Å². The third-order valence-electron chi connectivity index (χ3n) is 4.41. The molecular formula is C17H24N2O. The number of nitrogens with two attached hydrogens (primary N) is 1. The minimum atomic E-state index is 0.133. The van der Waals surface area contributed by atoms with Crippen LogP contribution < -0.4 is 5.73 Å². The fraction of sp³-hybridized carbons (Fsp3) is 0.588. The fourth-order valence-electron chi connectivity index (χ4n) is 3.04. The van der Waals surface area contributed by atoms with E-state index >= 15 is 0 Å². The van der Waals surface area contributed by atoms with Crippen LogP contribution >= 0.6 is 0 Å². The van der Waals surface area contributed by atoms with E-state index in [9.17, 15) is 0 Å². The minimum Gasteiger partial charge on any atom is -0.440 e. The van der Waals surface area contributed by atoms with Gasteiger partial charge >= 0.3 is 0 Å². The topological polar surface area (TPSA) is 52.0 Å². The second-order valence-corrected chi connectivity index (χ2v) is 7.04. The van der Waals surface area contributed by atoms with Crippen LogP contribution in [0, 0.1) is 0 Å². The van der Waals surface area contributed by atoms with E-state index < -0.39 is 0 Å². The molecule has 2 aromatic rings. The Morgan fingerprint density at radius 3 is 2.65 bits per heavy atom. The van der Waals surface area contributed by atoms with Gasteiger partial charge in [-0.25, -0.2) is 4.98 Å². The van der Waals surface area contributed by atoms with Crippen molar-refractivity contribution in [1.82, 2.24) is 4.98 Å². The van der Waals surface area contributed by atoms with Crippen molar-refractivity contribution in [1.29, 1.82) is 0 Å². The maximum atomic E-state index is 6.23. The van der Waals surface area contributed by atoms with Gasteiger partial charge in [-0.05, 0) is 36.0 Å². The van der Waals surface area contributed by atoms with Gasteiger partial charge in [0.15, 0.2) is 11.5 Å². The van der Waals surface area contributed by atoms with Crippen molar-refractivity contribution < 1.29 is 4.42 Å². The van der Waals surface area contributed by atoms with Gasteiger partial charge in [0, 0.05) is 6.04 Å². The first-order valence-corrected chi connectivity index (χ1v) is 7.62. The molecular weight excluding hydrogens is 248 g/mol. The smallest absolute Gasteiger partial charge is 0.200 e. The average Bonchev–Trinajstić information content (AvgIpc) is 2.80. The van der Waals surface area contributed by atoms with Crippen LogP contribution in [0.5, 0.6) is 0 Å². The lowest BCUT2D eigenvalue weighted by Gasteiger charge is -2.25. The van der Waals surface area contributed by atoms with E-state index in [1.807, 2.05) is 6.07 Å². The maximum Gasteiger partial charge on any atom is 0.200 e. The summed E-state index contributed by atoms with van der Waals surface area (Å²) in [5.74, 6) is 1.12. The predicted molar refractivity (Wildman–Crippen MR) is 81.9 cm³/mol. The van der Waals surface area contributed by atoms with Crippen molar-refractivity contribution >= 4 is 11.1 Å². The van der Waals surface area contributed by atoms with E-state index in [-0.39, 0.29) is 17.4 Å². The van der Waals surface area contributed by atoms with E-state index in [1.165, 1.54) is 18.4 Å². The van der Waals surface area contributed by atoms with Crippen LogP contribution in [0.2, 0.25) is 0 Å². The zero-order valence-electron chi connectivity index (χ0n) is 12.6. The van der Waals surface area contributed by atoms with Crippen LogP contribution in [-0.4, -0.2) is 11.0 Å². The largest absolute Gasteiger partial charge is 0.440 e. The van der Waals surface area contributed by atoms with E-state index in [1.54, 1.807) is 0 Å². The van der Waals surface area contributed by atoms with Gasteiger partial charge in [0.1, 0.15) is 5.52 Å². The Morgan fingerprint density at radius 2 is 1.95 bits per heavy atom. The molecule has 1 fully saturated rings. The standard InChI is InChI=1S/C17H24N2O/c1-17(2,3)11-8-9-15-14(10-11)19-16(20-15)12-6-4-5-7-13(12)18/h8-10,12-13H,4-7,18H2,1-3H3. The van der Waals surface area contributed by atoms with Crippen LogP contribution in [0.4, 0.5) is 0 Å². The van der Waals surface area contributed by atoms with Gasteiger partial charge in [0.2, 0.25) is 0 Å². The van der Waals surface area contributed by atoms with E-state index in [2.05, 4.69) is 32.9 Å². The minimum absolute atomic E-state index is 0.133. The Labute approximate surface area is 120 Å². The molecule has 3 nitrogen and oxygen atoms in total. The normalized spacial score (nSPS) is 24.2. The number of fused-ring (bicyclic) bond motifs is 1. The third-order valence-corrected chi connectivity index (χ3v) is 4.41. The van der Waals surface area contributed by atoms with Crippen LogP contribution in [0.15, 0.2) is 22.6 Å². The lowest BCUT2D eigenvalue weighted by atomic mass is 9.85. The summed E-state index contributed by atoms with van der Waals surface area (Å²) in [6.45, 7) is 6.64. The number of oxazole rings is 1. The van der Waals surface area contributed by atoms with Gasteiger partial charge in [-0.3, -0.25) is 0 Å². The molecule has 1 saturated carbocycles. The summed E-state index contributed by atoms with van der Waals surface area (Å²) >= 11 is 0. The Balaban J connectivity index is 1.98. The van der Waals surface area contributed by atoms with Crippen molar-refractivity contribution in [2.45, 2.75) is 63.8 Å². The molecule has 1 aliphatic carbocycles. The average molecular weight is 272 g/mol. The zero-order chi connectivity index (χ0) is 14.3. The highest BCUT2D eigenvalue weighted by molar-refractivity contribution is 5.74. The van der Waals surface area contributed by atoms with Gasteiger partial charge in [-0.15, -0.1) is 0 Å². The Bertz CT molecular complexity index is 609. The molecule has 0 amide bonds. The molecule has 3 rings (SSSR count). The molecule has 0 spiro atoms. The van der Waals surface area contributed by atoms with Crippen LogP contribution in [-0.2, 0) is 5.41 Å². The first-order valence-electron chi connectivity index (χ1n) is 7.62. The first-order chi connectivity index (χ1) is 9.45. The van der Waals surface area contributed by atoms with E-state index in [4.69, 9.17) is 15.1 Å². The number of rotatable bonds is 1. The highest BCUT2D eigenvalue weighted by atomic mass is 16.3. The summed E-state index contributed by atoms with van der Waals surface area (Å²) in [5, 5.41) is 0. The third kappa shape index (κ3) is 2.47. The molecule has 2 atom stereocenters. The number of aromatic nitrogens is 1. The molecule has 3 heteroatoms. The second-order valence-electron chi connectivity index (χ2n) is 7.04. The Morgan fingerprint density at radius 1 is 1.20 bits per heavy atom. The first kappa shape index (κ1) is 13.6. The van der Waals surface area contributed by atoms with Crippen molar-refractivity contribution in [3.8, 4) is 0 Å². The Hall–Kier alpha value is -1.35. The molecule has 0 radical (unpaired) electrons. The molecule has 1 heterocycles. The number of hydrogen-bond donors (Lipinski definition) is 1. The van der Waals surface area contributed by atoms with Gasteiger partial charge in [0.05, 0.1) is 5.92 Å². The molecule has 108 valence electrons. The van der Waals surface area contributed by atoms with E-state index in [0.717, 1.165) is 29.8 Å². The van der Waals surface area contributed by atoms with Crippen molar-refractivity contribution in [3.05, 3.63) is 29.7 Å². The lowest BCUT2D eigenvalue weighted by Crippen LogP contribution is -2.31. The molecule has 1 aromatic carbocycles. The summed E-state index contributed by atoms with van der Waals surface area (Å²) in [4.78, 5) is 4.71. The number of hydrogen-bond acceptors (Lipinski definition) is 3. The van der Waals surface area contributed by atoms with Gasteiger partial charge in [0.25, 0.3) is 0 Å². The van der Waals surface area contributed by atoms with Crippen LogP contribution in [0.25, 0.3) is 11.1 Å². The summed E-state index contributed by atoms with van der Waals surface area (Å²) in [7, 11) is 0. The molecule has 1 aliphatic rings. The second kappa shape index (κ2) is 4.88. The zero-order valence-corrected chi connectivity index (χ0v) is 12.6. The molecule has 2 N–H and O–H groups in total. The monoisotopic (exact) mass is 272 g/mol. The summed E-state index contributed by atoms with van der Waals surface area (Å²) in [6.07, 6.45) is 4.63. The van der Waals surface area contributed by atoms with Crippen LogP contribution in [0.1, 0.15) is 63.8 Å². The molecule has 0 bridgehead atoms.